The van der Waals surface area contributed by atoms with Gasteiger partial charge >= 0.3 is 0 Å². The number of rotatable bonds is 5. The molecule has 0 saturated carbocycles. The Balaban J connectivity index is 1.33. The third kappa shape index (κ3) is 4.46. The topological polar surface area (TPSA) is 3.24 Å². The third-order valence-corrected chi connectivity index (χ3v) is 10.2. The SMILES string of the molecule is c1ccc(-c2ccc(N(c3ccc4ccccc4c3)c3cccc4sc5c6ccccc6c(-c6ccccc6)cc5c34)cc2)cc1. The van der Waals surface area contributed by atoms with E-state index in [9.17, 15) is 0 Å². The van der Waals surface area contributed by atoms with Gasteiger partial charge in [-0.1, -0.05) is 133 Å². The second-order valence-corrected chi connectivity index (χ2v) is 12.8. The number of hydrogen-bond acceptors (Lipinski definition) is 2. The first-order valence-corrected chi connectivity index (χ1v) is 16.5. The Hall–Kier alpha value is -5.70. The molecule has 0 spiro atoms. The van der Waals surface area contributed by atoms with E-state index in [1.807, 2.05) is 11.3 Å². The summed E-state index contributed by atoms with van der Waals surface area (Å²) in [6.07, 6.45) is 0. The molecule has 0 bridgehead atoms. The minimum atomic E-state index is 1.13. The molecule has 2 heteroatoms. The van der Waals surface area contributed by atoms with E-state index < -0.39 is 0 Å². The van der Waals surface area contributed by atoms with Crippen molar-refractivity contribution in [1.29, 1.82) is 0 Å². The molecule has 1 heterocycles. The molecule has 0 aliphatic heterocycles. The highest BCUT2D eigenvalue weighted by Crippen LogP contribution is 2.48. The normalized spacial score (nSPS) is 11.5. The number of anilines is 3. The van der Waals surface area contributed by atoms with Crippen LogP contribution in [0, 0.1) is 0 Å². The summed E-state index contributed by atoms with van der Waals surface area (Å²) in [5.41, 5.74) is 8.38. The first-order valence-electron chi connectivity index (χ1n) is 15.7. The molecular weight excluding hydrogens is 575 g/mol. The molecule has 46 heavy (non-hydrogen) atoms. The molecule has 0 fully saturated rings. The predicted octanol–water partition coefficient (Wildman–Crippen LogP) is 13.2. The van der Waals surface area contributed by atoms with Gasteiger partial charge in [-0.25, -0.2) is 0 Å². The Morgan fingerprint density at radius 2 is 1.02 bits per heavy atom. The fraction of sp³-hybridized carbons (Fsp3) is 0. The molecule has 0 N–H and O–H groups in total. The number of fused-ring (bicyclic) bond motifs is 6. The zero-order valence-electron chi connectivity index (χ0n) is 25.1. The molecular formula is C44H29NS. The molecule has 216 valence electrons. The van der Waals surface area contributed by atoms with E-state index in [0.29, 0.717) is 0 Å². The lowest BCUT2D eigenvalue weighted by molar-refractivity contribution is 1.31. The van der Waals surface area contributed by atoms with Gasteiger partial charge in [0.05, 0.1) is 5.69 Å². The van der Waals surface area contributed by atoms with E-state index in [2.05, 4.69) is 181 Å². The third-order valence-electron chi connectivity index (χ3n) is 9.03. The van der Waals surface area contributed by atoms with E-state index >= 15 is 0 Å². The molecule has 8 aromatic carbocycles. The predicted molar refractivity (Wildman–Crippen MR) is 200 cm³/mol. The molecule has 1 aromatic heterocycles. The first-order chi connectivity index (χ1) is 22.8. The lowest BCUT2D eigenvalue weighted by atomic mass is 9.95. The highest BCUT2D eigenvalue weighted by molar-refractivity contribution is 7.26. The summed E-state index contributed by atoms with van der Waals surface area (Å²) in [6, 6.07) is 63.9. The van der Waals surface area contributed by atoms with Crippen LogP contribution < -0.4 is 4.90 Å². The molecule has 0 amide bonds. The highest BCUT2D eigenvalue weighted by atomic mass is 32.1. The summed E-state index contributed by atoms with van der Waals surface area (Å²) < 4.78 is 2.62. The Bertz CT molecular complexity index is 2510. The van der Waals surface area contributed by atoms with E-state index in [1.165, 1.54) is 69.7 Å². The van der Waals surface area contributed by atoms with E-state index in [4.69, 9.17) is 0 Å². The maximum absolute atomic E-state index is 2.44. The van der Waals surface area contributed by atoms with Gasteiger partial charge in [0, 0.05) is 36.9 Å². The van der Waals surface area contributed by atoms with Crippen molar-refractivity contribution in [3.05, 3.63) is 176 Å². The van der Waals surface area contributed by atoms with Crippen molar-refractivity contribution in [1.82, 2.24) is 0 Å². The molecule has 0 radical (unpaired) electrons. The van der Waals surface area contributed by atoms with E-state index in [1.54, 1.807) is 0 Å². The molecule has 0 aliphatic carbocycles. The van der Waals surface area contributed by atoms with Gasteiger partial charge in [-0.3, -0.25) is 0 Å². The molecule has 0 aliphatic rings. The van der Waals surface area contributed by atoms with Crippen LogP contribution in [0.15, 0.2) is 176 Å². The van der Waals surface area contributed by atoms with Crippen molar-refractivity contribution in [3.63, 3.8) is 0 Å². The summed E-state index contributed by atoms with van der Waals surface area (Å²) in [7, 11) is 0. The molecule has 9 rings (SSSR count). The van der Waals surface area contributed by atoms with Crippen LogP contribution in [0.25, 0.3) is 64.0 Å². The lowest BCUT2D eigenvalue weighted by Crippen LogP contribution is -2.10. The van der Waals surface area contributed by atoms with Crippen molar-refractivity contribution in [2.24, 2.45) is 0 Å². The summed E-state index contributed by atoms with van der Waals surface area (Å²) in [5.74, 6) is 0. The Labute approximate surface area is 272 Å². The van der Waals surface area contributed by atoms with Crippen LogP contribution in [-0.4, -0.2) is 0 Å². The Morgan fingerprint density at radius 3 is 1.80 bits per heavy atom. The number of benzene rings is 8. The van der Waals surface area contributed by atoms with Crippen LogP contribution in [0.2, 0.25) is 0 Å². The van der Waals surface area contributed by atoms with Gasteiger partial charge in [0.2, 0.25) is 0 Å². The molecule has 0 unspecified atom stereocenters. The maximum atomic E-state index is 2.44. The molecule has 0 atom stereocenters. The average molecular weight is 604 g/mol. The van der Waals surface area contributed by atoms with Crippen LogP contribution in [-0.2, 0) is 0 Å². The van der Waals surface area contributed by atoms with Gasteiger partial charge in [0.25, 0.3) is 0 Å². The van der Waals surface area contributed by atoms with Crippen LogP contribution >= 0.6 is 11.3 Å². The molecule has 9 aromatic rings. The number of nitrogens with zero attached hydrogens (tertiary/aromatic N) is 1. The van der Waals surface area contributed by atoms with Crippen LogP contribution in [0.4, 0.5) is 17.1 Å². The van der Waals surface area contributed by atoms with Crippen LogP contribution in [0.1, 0.15) is 0 Å². The zero-order valence-corrected chi connectivity index (χ0v) is 25.9. The van der Waals surface area contributed by atoms with Crippen molar-refractivity contribution in [2.45, 2.75) is 0 Å². The quantitative estimate of drug-likeness (QED) is 0.189. The summed E-state index contributed by atoms with van der Waals surface area (Å²) in [6.45, 7) is 0. The van der Waals surface area contributed by atoms with Crippen LogP contribution in [0.3, 0.4) is 0 Å². The summed E-state index contributed by atoms with van der Waals surface area (Å²) in [5, 5.41) is 7.63. The molecule has 1 nitrogen and oxygen atoms in total. The Kier molecular flexibility index (Phi) is 6.40. The maximum Gasteiger partial charge on any atom is 0.0554 e. The second-order valence-electron chi connectivity index (χ2n) is 11.7. The van der Waals surface area contributed by atoms with Gasteiger partial charge < -0.3 is 4.90 Å². The van der Waals surface area contributed by atoms with E-state index in [0.717, 1.165) is 11.4 Å². The van der Waals surface area contributed by atoms with Crippen LogP contribution in [0.5, 0.6) is 0 Å². The number of thiophene rings is 1. The van der Waals surface area contributed by atoms with Gasteiger partial charge in [0.15, 0.2) is 0 Å². The minimum absolute atomic E-state index is 1.13. The van der Waals surface area contributed by atoms with Crippen molar-refractivity contribution < 1.29 is 0 Å². The zero-order chi connectivity index (χ0) is 30.5. The number of hydrogen-bond donors (Lipinski definition) is 0. The summed E-state index contributed by atoms with van der Waals surface area (Å²) in [4.78, 5) is 2.44. The fourth-order valence-corrected chi connectivity index (χ4v) is 8.09. The monoisotopic (exact) mass is 603 g/mol. The lowest BCUT2D eigenvalue weighted by Gasteiger charge is -2.27. The molecule has 0 saturated heterocycles. The van der Waals surface area contributed by atoms with Gasteiger partial charge in [-0.15, -0.1) is 11.3 Å². The smallest absolute Gasteiger partial charge is 0.0554 e. The second kappa shape index (κ2) is 11.0. The average Bonchev–Trinajstić information content (AvgIpc) is 3.52. The fourth-order valence-electron chi connectivity index (χ4n) is 6.85. The van der Waals surface area contributed by atoms with Gasteiger partial charge in [-0.2, -0.15) is 0 Å². The standard InChI is InChI=1S/C44H29NS/c1-3-12-30(13-4-1)32-22-25-35(26-23-32)45(36-27-24-31-14-7-8-17-34(31)28-36)41-20-11-21-42-43(41)40-29-39(33-15-5-2-6-16-33)37-18-9-10-19-38(37)44(40)46-42/h1-29H. The largest absolute Gasteiger partial charge is 0.310 e. The van der Waals surface area contributed by atoms with Crippen molar-refractivity contribution in [2.75, 3.05) is 4.90 Å². The first kappa shape index (κ1) is 26.7. The van der Waals surface area contributed by atoms with Gasteiger partial charge in [-0.05, 0) is 80.9 Å². The Morgan fingerprint density at radius 1 is 0.391 bits per heavy atom. The minimum Gasteiger partial charge on any atom is -0.310 e. The van der Waals surface area contributed by atoms with E-state index in [-0.39, 0.29) is 0 Å². The van der Waals surface area contributed by atoms with Crippen molar-refractivity contribution in [3.8, 4) is 22.3 Å². The van der Waals surface area contributed by atoms with Gasteiger partial charge in [0.1, 0.15) is 0 Å². The highest BCUT2D eigenvalue weighted by Gasteiger charge is 2.21. The van der Waals surface area contributed by atoms with Crippen molar-refractivity contribution >= 4 is 70.1 Å². The summed E-state index contributed by atoms with van der Waals surface area (Å²) >= 11 is 1.89.